The average molecular weight is 326 g/mol. The number of furan rings is 2. The van der Waals surface area contributed by atoms with Crippen molar-refractivity contribution in [1.29, 1.82) is 0 Å². The summed E-state index contributed by atoms with van der Waals surface area (Å²) in [5.41, 5.74) is 0.937. The van der Waals surface area contributed by atoms with E-state index in [0.717, 1.165) is 5.39 Å². The zero-order valence-electron chi connectivity index (χ0n) is 8.94. The van der Waals surface area contributed by atoms with Gasteiger partial charge in [-0.15, -0.1) is 0 Å². The van der Waals surface area contributed by atoms with E-state index in [0.29, 0.717) is 20.8 Å². The molecule has 0 spiro atoms. The van der Waals surface area contributed by atoms with Gasteiger partial charge in [0.15, 0.2) is 16.0 Å². The molecular weight excluding hydrogens is 319 g/mol. The lowest BCUT2D eigenvalue weighted by atomic mass is 10.1. The first-order valence-electron chi connectivity index (χ1n) is 5.12. The monoisotopic (exact) mass is 324 g/mol. The van der Waals surface area contributed by atoms with Crippen molar-refractivity contribution >= 4 is 44.3 Å². The molecule has 0 saturated heterocycles. The minimum absolute atomic E-state index is 0.236. The lowest BCUT2D eigenvalue weighted by molar-refractivity contribution is 0.101. The first-order valence-corrected chi connectivity index (χ1v) is 6.29. The normalized spacial score (nSPS) is 11.0. The summed E-state index contributed by atoms with van der Waals surface area (Å²) in [6.07, 6.45) is 1.44. The molecule has 0 amide bonds. The minimum atomic E-state index is -0.247. The van der Waals surface area contributed by atoms with E-state index in [1.165, 1.54) is 6.26 Å². The van der Waals surface area contributed by atoms with E-state index < -0.39 is 0 Å². The van der Waals surface area contributed by atoms with E-state index in [2.05, 4.69) is 15.9 Å². The van der Waals surface area contributed by atoms with Gasteiger partial charge in [-0.25, -0.2) is 0 Å². The van der Waals surface area contributed by atoms with Gasteiger partial charge in [-0.1, -0.05) is 23.7 Å². The van der Waals surface area contributed by atoms with Crippen LogP contribution in [0.5, 0.6) is 0 Å². The van der Waals surface area contributed by atoms with Crippen LogP contribution in [0.3, 0.4) is 0 Å². The van der Waals surface area contributed by atoms with Gasteiger partial charge in [-0.3, -0.25) is 4.79 Å². The standard InChI is InChI=1S/C13H6BrClO3/c14-13-8(4-5-17-13)11(16)10-6-7-2-1-3-9(15)12(7)18-10/h1-6H. The van der Waals surface area contributed by atoms with E-state index in [1.54, 1.807) is 18.2 Å². The van der Waals surface area contributed by atoms with Gasteiger partial charge in [-0.05, 0) is 34.1 Å². The lowest BCUT2D eigenvalue weighted by Gasteiger charge is -1.93. The third-order valence-corrected chi connectivity index (χ3v) is 3.49. The molecule has 0 aliphatic rings. The highest BCUT2D eigenvalue weighted by Crippen LogP contribution is 2.29. The summed E-state index contributed by atoms with van der Waals surface area (Å²) < 4.78 is 10.9. The maximum atomic E-state index is 12.2. The quantitative estimate of drug-likeness (QED) is 0.643. The number of carbonyl (C=O) groups is 1. The van der Waals surface area contributed by atoms with Crippen LogP contribution in [0.2, 0.25) is 5.02 Å². The van der Waals surface area contributed by atoms with Gasteiger partial charge in [0.1, 0.15) is 0 Å². The molecule has 3 rings (SSSR count). The second-order valence-electron chi connectivity index (χ2n) is 3.71. The third-order valence-electron chi connectivity index (χ3n) is 2.58. The molecule has 90 valence electrons. The smallest absolute Gasteiger partial charge is 0.232 e. The van der Waals surface area contributed by atoms with E-state index in [9.17, 15) is 4.79 Å². The highest BCUT2D eigenvalue weighted by atomic mass is 79.9. The summed E-state index contributed by atoms with van der Waals surface area (Å²) in [6, 6.07) is 8.62. The van der Waals surface area contributed by atoms with E-state index in [-0.39, 0.29) is 11.5 Å². The van der Waals surface area contributed by atoms with E-state index in [1.807, 2.05) is 12.1 Å². The largest absolute Gasteiger partial charge is 0.457 e. The van der Waals surface area contributed by atoms with E-state index in [4.69, 9.17) is 20.4 Å². The van der Waals surface area contributed by atoms with Crippen LogP contribution in [0.15, 0.2) is 50.1 Å². The predicted octanol–water partition coefficient (Wildman–Crippen LogP) is 4.67. The van der Waals surface area contributed by atoms with Crippen LogP contribution in [-0.4, -0.2) is 5.78 Å². The molecule has 5 heteroatoms. The number of ketones is 1. The fourth-order valence-electron chi connectivity index (χ4n) is 1.73. The summed E-state index contributed by atoms with van der Waals surface area (Å²) in [7, 11) is 0. The molecule has 3 nitrogen and oxygen atoms in total. The third kappa shape index (κ3) is 1.78. The Balaban J connectivity index is 2.13. The first-order chi connectivity index (χ1) is 8.66. The van der Waals surface area contributed by atoms with E-state index >= 15 is 0 Å². The van der Waals surface area contributed by atoms with Crippen LogP contribution in [0.4, 0.5) is 0 Å². The van der Waals surface area contributed by atoms with Crippen LogP contribution < -0.4 is 0 Å². The molecule has 0 aliphatic carbocycles. The Morgan fingerprint density at radius 3 is 2.78 bits per heavy atom. The zero-order chi connectivity index (χ0) is 12.7. The van der Waals surface area contributed by atoms with Crippen LogP contribution >= 0.6 is 27.5 Å². The number of hydrogen-bond acceptors (Lipinski definition) is 3. The average Bonchev–Trinajstić information content (AvgIpc) is 2.95. The second kappa shape index (κ2) is 4.30. The summed E-state index contributed by atoms with van der Waals surface area (Å²) in [5, 5.41) is 1.28. The van der Waals surface area contributed by atoms with Gasteiger partial charge in [0.05, 0.1) is 16.8 Å². The highest BCUT2D eigenvalue weighted by Gasteiger charge is 2.19. The SMILES string of the molecule is O=C(c1cc2cccc(Cl)c2o1)c1ccoc1Br. The van der Waals surface area contributed by atoms with Gasteiger partial charge < -0.3 is 8.83 Å². The maximum absolute atomic E-state index is 12.2. The molecule has 2 heterocycles. The number of benzene rings is 1. The molecule has 0 N–H and O–H groups in total. The molecule has 0 bridgehead atoms. The number of hydrogen-bond donors (Lipinski definition) is 0. The Morgan fingerprint density at radius 1 is 1.28 bits per heavy atom. The van der Waals surface area contributed by atoms with Crippen LogP contribution in [-0.2, 0) is 0 Å². The topological polar surface area (TPSA) is 43.4 Å². The highest BCUT2D eigenvalue weighted by molar-refractivity contribution is 9.10. The number of para-hydroxylation sites is 1. The summed E-state index contributed by atoms with van der Waals surface area (Å²) >= 11 is 9.17. The van der Waals surface area contributed by atoms with Crippen molar-refractivity contribution in [3.8, 4) is 0 Å². The summed E-state index contributed by atoms with van der Waals surface area (Å²) in [4.78, 5) is 12.2. The fourth-order valence-corrected chi connectivity index (χ4v) is 2.37. The number of halogens is 2. The van der Waals surface area contributed by atoms with Gasteiger partial charge in [0.25, 0.3) is 0 Å². The van der Waals surface area contributed by atoms with Crippen molar-refractivity contribution in [2.75, 3.05) is 0 Å². The molecule has 0 aliphatic heterocycles. The maximum Gasteiger partial charge on any atom is 0.232 e. The molecule has 1 aromatic carbocycles. The van der Waals surface area contributed by atoms with Gasteiger partial charge in [-0.2, -0.15) is 0 Å². The van der Waals surface area contributed by atoms with Crippen molar-refractivity contribution in [3.05, 3.63) is 57.6 Å². The van der Waals surface area contributed by atoms with Crippen molar-refractivity contribution in [1.82, 2.24) is 0 Å². The molecule has 0 radical (unpaired) electrons. The fraction of sp³-hybridized carbons (Fsp3) is 0. The Kier molecular flexibility index (Phi) is 2.76. The van der Waals surface area contributed by atoms with Crippen LogP contribution in [0.1, 0.15) is 16.1 Å². The molecule has 0 saturated carbocycles. The van der Waals surface area contributed by atoms with Gasteiger partial charge in [0.2, 0.25) is 5.78 Å². The number of rotatable bonds is 2. The van der Waals surface area contributed by atoms with Crippen molar-refractivity contribution in [3.63, 3.8) is 0 Å². The van der Waals surface area contributed by atoms with Gasteiger partial charge >= 0.3 is 0 Å². The van der Waals surface area contributed by atoms with Gasteiger partial charge in [0, 0.05) is 5.39 Å². The molecular formula is C13H6BrClO3. The molecule has 0 atom stereocenters. The van der Waals surface area contributed by atoms with Crippen molar-refractivity contribution < 1.29 is 13.6 Å². The Labute approximate surface area is 115 Å². The van der Waals surface area contributed by atoms with Crippen molar-refractivity contribution in [2.45, 2.75) is 0 Å². The Morgan fingerprint density at radius 2 is 2.11 bits per heavy atom. The summed E-state index contributed by atoms with van der Waals surface area (Å²) in [5.74, 6) is -0.0110. The minimum Gasteiger partial charge on any atom is -0.457 e. The second-order valence-corrected chi connectivity index (χ2v) is 4.83. The van der Waals surface area contributed by atoms with Crippen molar-refractivity contribution in [2.24, 2.45) is 0 Å². The number of carbonyl (C=O) groups excluding carboxylic acids is 1. The molecule has 2 aromatic heterocycles. The molecule has 0 unspecified atom stereocenters. The van der Waals surface area contributed by atoms with Crippen LogP contribution in [0.25, 0.3) is 11.0 Å². The Bertz CT molecular complexity index is 742. The predicted molar refractivity (Wildman–Crippen MR) is 71.1 cm³/mol. The Hall–Kier alpha value is -1.52. The summed E-state index contributed by atoms with van der Waals surface area (Å²) in [6.45, 7) is 0. The molecule has 18 heavy (non-hydrogen) atoms. The molecule has 0 fully saturated rings. The number of fused-ring (bicyclic) bond motifs is 1. The first kappa shape index (κ1) is 11.6. The zero-order valence-corrected chi connectivity index (χ0v) is 11.3. The lowest BCUT2D eigenvalue weighted by Crippen LogP contribution is -1.97. The van der Waals surface area contributed by atoms with Crippen LogP contribution in [0, 0.1) is 0 Å². The molecule has 3 aromatic rings.